The van der Waals surface area contributed by atoms with E-state index in [9.17, 15) is 4.79 Å². The van der Waals surface area contributed by atoms with E-state index in [2.05, 4.69) is 22.4 Å². The summed E-state index contributed by atoms with van der Waals surface area (Å²) in [4.78, 5) is 16.4. The van der Waals surface area contributed by atoms with Crippen LogP contribution in [0, 0.1) is 11.8 Å². The van der Waals surface area contributed by atoms with Crippen LogP contribution in [0.2, 0.25) is 0 Å². The average Bonchev–Trinajstić information content (AvgIpc) is 3.21. The van der Waals surface area contributed by atoms with Crippen molar-refractivity contribution in [3.8, 4) is 5.75 Å². The summed E-state index contributed by atoms with van der Waals surface area (Å²) in [6.07, 6.45) is 6.92. The molecule has 0 radical (unpaired) electrons. The monoisotopic (exact) mass is 325 g/mol. The van der Waals surface area contributed by atoms with Crippen LogP contribution in [-0.4, -0.2) is 22.7 Å². The lowest BCUT2D eigenvalue weighted by Crippen LogP contribution is -2.30. The van der Waals surface area contributed by atoms with Crippen molar-refractivity contribution >= 4 is 5.95 Å². The molecule has 1 heterocycles. The first-order chi connectivity index (χ1) is 11.7. The highest BCUT2D eigenvalue weighted by Gasteiger charge is 2.39. The number of aromatic nitrogens is 2. The molecule has 0 aliphatic heterocycles. The average molecular weight is 325 g/mol. The highest BCUT2D eigenvalue weighted by Crippen LogP contribution is 2.45. The summed E-state index contributed by atoms with van der Waals surface area (Å²) in [6.45, 7) is 0.660. The molecule has 0 spiro atoms. The second-order valence-electron chi connectivity index (χ2n) is 6.98. The van der Waals surface area contributed by atoms with Gasteiger partial charge in [0.2, 0.25) is 11.7 Å². The Bertz CT molecular complexity index is 772. The van der Waals surface area contributed by atoms with E-state index >= 15 is 0 Å². The Hall–Kier alpha value is -2.30. The minimum atomic E-state index is -0.313. The second kappa shape index (κ2) is 6.30. The fourth-order valence-corrected chi connectivity index (χ4v) is 4.22. The summed E-state index contributed by atoms with van der Waals surface area (Å²) >= 11 is 0. The Morgan fingerprint density at radius 1 is 1.25 bits per heavy atom. The lowest BCUT2D eigenvalue weighted by Gasteiger charge is -2.25. The van der Waals surface area contributed by atoms with Gasteiger partial charge in [0.05, 0.1) is 19.9 Å². The predicted molar refractivity (Wildman–Crippen MR) is 93.5 cm³/mol. The van der Waals surface area contributed by atoms with Gasteiger partial charge in [-0.3, -0.25) is 4.79 Å². The standard InChI is InChI=1S/C19H23N3O2/c1-24-17-12-22(11-13-5-3-2-4-6-13)19(21-18(17)23)20-16-10-14-7-8-15(16)9-14/h2-6,12,14-16H,7-11H2,1H3,(H,20,21,23). The molecule has 2 aliphatic rings. The predicted octanol–water partition coefficient (Wildman–Crippen LogP) is 2.90. The zero-order valence-corrected chi connectivity index (χ0v) is 13.9. The van der Waals surface area contributed by atoms with Crippen LogP contribution < -0.4 is 15.6 Å². The smallest absolute Gasteiger partial charge is 0.316 e. The number of ether oxygens (including phenoxy) is 1. The number of rotatable bonds is 5. The molecule has 4 rings (SSSR count). The van der Waals surface area contributed by atoms with Crippen LogP contribution in [0.5, 0.6) is 5.75 Å². The van der Waals surface area contributed by atoms with Crippen LogP contribution in [0.1, 0.15) is 31.2 Å². The summed E-state index contributed by atoms with van der Waals surface area (Å²) in [7, 11) is 1.51. The molecule has 1 aromatic carbocycles. The van der Waals surface area contributed by atoms with Crippen molar-refractivity contribution in [1.82, 2.24) is 9.55 Å². The molecule has 2 aromatic rings. The van der Waals surface area contributed by atoms with Gasteiger partial charge in [-0.2, -0.15) is 4.98 Å². The lowest BCUT2D eigenvalue weighted by molar-refractivity contribution is 0.400. The van der Waals surface area contributed by atoms with Gasteiger partial charge in [0.1, 0.15) is 0 Å². The van der Waals surface area contributed by atoms with E-state index in [1.165, 1.54) is 38.4 Å². The highest BCUT2D eigenvalue weighted by molar-refractivity contribution is 5.33. The Kier molecular flexibility index (Phi) is 4.00. The molecule has 126 valence electrons. The molecular weight excluding hydrogens is 302 g/mol. The molecule has 5 heteroatoms. The van der Waals surface area contributed by atoms with Crippen LogP contribution in [0.3, 0.4) is 0 Å². The number of benzene rings is 1. The van der Waals surface area contributed by atoms with Crippen molar-refractivity contribution in [2.75, 3.05) is 12.4 Å². The van der Waals surface area contributed by atoms with Crippen LogP contribution >= 0.6 is 0 Å². The fourth-order valence-electron chi connectivity index (χ4n) is 4.22. The maximum absolute atomic E-state index is 12.1. The molecule has 2 aliphatic carbocycles. The van der Waals surface area contributed by atoms with E-state index in [4.69, 9.17) is 4.74 Å². The molecule has 0 amide bonds. The van der Waals surface area contributed by atoms with E-state index in [1.807, 2.05) is 22.8 Å². The van der Waals surface area contributed by atoms with E-state index in [1.54, 1.807) is 6.20 Å². The largest absolute Gasteiger partial charge is 0.490 e. The summed E-state index contributed by atoms with van der Waals surface area (Å²) in [5, 5.41) is 3.55. The van der Waals surface area contributed by atoms with Gasteiger partial charge in [-0.1, -0.05) is 36.8 Å². The molecule has 3 atom stereocenters. The zero-order valence-electron chi connectivity index (χ0n) is 13.9. The third kappa shape index (κ3) is 2.90. The summed E-state index contributed by atoms with van der Waals surface area (Å²) < 4.78 is 7.16. The van der Waals surface area contributed by atoms with Crippen LogP contribution in [-0.2, 0) is 6.54 Å². The maximum Gasteiger partial charge on any atom is 0.316 e. The number of fused-ring (bicyclic) bond motifs is 2. The summed E-state index contributed by atoms with van der Waals surface area (Å²) in [5.41, 5.74) is 0.855. The normalized spacial score (nSPS) is 25.0. The Labute approximate surface area is 141 Å². The van der Waals surface area contributed by atoms with E-state index in [0.29, 0.717) is 18.5 Å². The molecule has 5 nitrogen and oxygen atoms in total. The number of nitrogens with one attached hydrogen (secondary N) is 1. The maximum atomic E-state index is 12.1. The van der Waals surface area contributed by atoms with Crippen molar-refractivity contribution < 1.29 is 4.74 Å². The molecule has 3 unspecified atom stereocenters. The Balaban J connectivity index is 1.63. The lowest BCUT2D eigenvalue weighted by atomic mass is 9.95. The molecule has 0 saturated heterocycles. The van der Waals surface area contributed by atoms with Crippen molar-refractivity contribution in [1.29, 1.82) is 0 Å². The first kappa shape index (κ1) is 15.2. The number of hydrogen-bond acceptors (Lipinski definition) is 4. The third-order valence-corrected chi connectivity index (χ3v) is 5.43. The van der Waals surface area contributed by atoms with Crippen LogP contribution in [0.15, 0.2) is 41.3 Å². The van der Waals surface area contributed by atoms with Crippen molar-refractivity contribution in [3.05, 3.63) is 52.4 Å². The second-order valence-corrected chi connectivity index (χ2v) is 6.98. The van der Waals surface area contributed by atoms with Gasteiger partial charge in [-0.05, 0) is 36.7 Å². The fraction of sp³-hybridized carbons (Fsp3) is 0.474. The van der Waals surface area contributed by atoms with Gasteiger partial charge < -0.3 is 14.6 Å². The molecular formula is C19H23N3O2. The molecule has 2 saturated carbocycles. The number of anilines is 1. The van der Waals surface area contributed by atoms with E-state index in [-0.39, 0.29) is 11.3 Å². The SMILES string of the molecule is COc1cn(Cc2ccccc2)c(NC2CC3CCC2C3)nc1=O. The van der Waals surface area contributed by atoms with Gasteiger partial charge in [0.25, 0.3) is 0 Å². The van der Waals surface area contributed by atoms with Gasteiger partial charge >= 0.3 is 5.56 Å². The number of methoxy groups -OCH3 is 1. The minimum absolute atomic E-state index is 0.282. The van der Waals surface area contributed by atoms with Crippen molar-refractivity contribution in [3.63, 3.8) is 0 Å². The Morgan fingerprint density at radius 3 is 2.75 bits per heavy atom. The molecule has 1 N–H and O–H groups in total. The van der Waals surface area contributed by atoms with Crippen LogP contribution in [0.25, 0.3) is 0 Å². The van der Waals surface area contributed by atoms with Gasteiger partial charge in [0.15, 0.2) is 0 Å². The molecule has 24 heavy (non-hydrogen) atoms. The van der Waals surface area contributed by atoms with Gasteiger partial charge in [-0.25, -0.2) is 0 Å². The van der Waals surface area contributed by atoms with Crippen molar-refractivity contribution in [2.24, 2.45) is 11.8 Å². The third-order valence-electron chi connectivity index (χ3n) is 5.43. The first-order valence-corrected chi connectivity index (χ1v) is 8.69. The summed E-state index contributed by atoms with van der Waals surface area (Å²) in [6, 6.07) is 10.6. The quantitative estimate of drug-likeness (QED) is 0.918. The van der Waals surface area contributed by atoms with Crippen LogP contribution in [0.4, 0.5) is 5.95 Å². The highest BCUT2D eigenvalue weighted by atomic mass is 16.5. The Morgan fingerprint density at radius 2 is 2.08 bits per heavy atom. The number of hydrogen-bond donors (Lipinski definition) is 1. The van der Waals surface area contributed by atoms with Gasteiger partial charge in [-0.15, -0.1) is 0 Å². The zero-order chi connectivity index (χ0) is 16.5. The molecule has 2 bridgehead atoms. The minimum Gasteiger partial charge on any atom is -0.490 e. The molecule has 1 aromatic heterocycles. The van der Waals surface area contributed by atoms with Crippen molar-refractivity contribution in [2.45, 2.75) is 38.3 Å². The van der Waals surface area contributed by atoms with E-state index < -0.39 is 0 Å². The first-order valence-electron chi connectivity index (χ1n) is 8.69. The summed E-state index contributed by atoms with van der Waals surface area (Å²) in [5.74, 6) is 2.51. The topological polar surface area (TPSA) is 56.1 Å². The number of nitrogens with zero attached hydrogens (tertiary/aromatic N) is 2. The van der Waals surface area contributed by atoms with E-state index in [0.717, 1.165) is 11.8 Å². The van der Waals surface area contributed by atoms with Gasteiger partial charge in [0, 0.05) is 6.04 Å². The molecule has 2 fully saturated rings.